The van der Waals surface area contributed by atoms with E-state index in [1.54, 1.807) is 18.3 Å². The standard InChI is InChI=1S/C25H24F3N3O2/c1-17-14-31(16-29-17)22-10-7-19(13-23(22)33-2)12-20-4-3-11-30(24(20)32)15-18-5-8-21(9-6-18)25(26,27)28/h5-10,12-14,16H,3-4,11,15H2,1-2H3. The van der Waals surface area contributed by atoms with E-state index < -0.39 is 11.7 Å². The average molecular weight is 455 g/mol. The van der Waals surface area contributed by atoms with Crippen LogP contribution in [0.3, 0.4) is 0 Å². The molecule has 1 fully saturated rings. The van der Waals surface area contributed by atoms with Gasteiger partial charge in [0.15, 0.2) is 0 Å². The fraction of sp³-hybridized carbons (Fsp3) is 0.280. The molecule has 1 amide bonds. The van der Waals surface area contributed by atoms with Gasteiger partial charge in [0.25, 0.3) is 0 Å². The third-order valence-electron chi connectivity index (χ3n) is 5.63. The third kappa shape index (κ3) is 5.10. The number of aromatic nitrogens is 2. The lowest BCUT2D eigenvalue weighted by Crippen LogP contribution is -2.36. The lowest BCUT2D eigenvalue weighted by Gasteiger charge is -2.28. The summed E-state index contributed by atoms with van der Waals surface area (Å²) >= 11 is 0. The molecule has 0 spiro atoms. The minimum Gasteiger partial charge on any atom is -0.495 e. The smallest absolute Gasteiger partial charge is 0.416 e. The molecule has 2 aromatic carbocycles. The van der Waals surface area contributed by atoms with Gasteiger partial charge in [-0.15, -0.1) is 0 Å². The van der Waals surface area contributed by atoms with E-state index in [-0.39, 0.29) is 12.5 Å². The number of carbonyl (C=O) groups excluding carboxylic acids is 1. The van der Waals surface area contributed by atoms with Gasteiger partial charge in [0.1, 0.15) is 5.75 Å². The number of aryl methyl sites for hydroxylation is 1. The number of benzene rings is 2. The average Bonchev–Trinajstić information content (AvgIpc) is 3.22. The quantitative estimate of drug-likeness (QED) is 0.483. The number of alkyl halides is 3. The van der Waals surface area contributed by atoms with Crippen molar-refractivity contribution in [1.29, 1.82) is 0 Å². The summed E-state index contributed by atoms with van der Waals surface area (Å²) in [6, 6.07) is 10.7. The minimum atomic E-state index is -4.37. The Bertz CT molecular complexity index is 1180. The predicted molar refractivity (Wildman–Crippen MR) is 119 cm³/mol. The van der Waals surface area contributed by atoms with E-state index in [2.05, 4.69) is 4.98 Å². The van der Waals surface area contributed by atoms with E-state index in [4.69, 9.17) is 4.74 Å². The van der Waals surface area contributed by atoms with Crippen LogP contribution in [-0.2, 0) is 17.5 Å². The molecule has 1 saturated heterocycles. The maximum atomic E-state index is 13.0. The van der Waals surface area contributed by atoms with Crippen molar-refractivity contribution >= 4 is 12.0 Å². The van der Waals surface area contributed by atoms with Gasteiger partial charge >= 0.3 is 6.18 Å². The van der Waals surface area contributed by atoms with E-state index in [0.29, 0.717) is 29.9 Å². The number of likely N-dealkylation sites (tertiary alicyclic amines) is 1. The topological polar surface area (TPSA) is 47.4 Å². The van der Waals surface area contributed by atoms with Crippen molar-refractivity contribution in [2.45, 2.75) is 32.5 Å². The molecule has 0 unspecified atom stereocenters. The van der Waals surface area contributed by atoms with Gasteiger partial charge in [-0.2, -0.15) is 13.2 Å². The summed E-state index contributed by atoms with van der Waals surface area (Å²) < 4.78 is 45.8. The van der Waals surface area contributed by atoms with Gasteiger partial charge in [0.05, 0.1) is 30.4 Å². The summed E-state index contributed by atoms with van der Waals surface area (Å²) in [6.45, 7) is 2.75. The molecular formula is C25H24F3N3O2. The second-order valence-electron chi connectivity index (χ2n) is 8.05. The van der Waals surface area contributed by atoms with E-state index in [0.717, 1.165) is 35.5 Å². The van der Waals surface area contributed by atoms with Gasteiger partial charge < -0.3 is 14.2 Å². The molecule has 0 aliphatic carbocycles. The van der Waals surface area contributed by atoms with Crippen LogP contribution in [0.1, 0.15) is 35.2 Å². The summed E-state index contributed by atoms with van der Waals surface area (Å²) in [4.78, 5) is 19.0. The van der Waals surface area contributed by atoms with Crippen LogP contribution in [0, 0.1) is 6.92 Å². The molecule has 0 N–H and O–H groups in total. The van der Waals surface area contributed by atoms with Crippen LogP contribution < -0.4 is 4.74 Å². The summed E-state index contributed by atoms with van der Waals surface area (Å²) in [5.74, 6) is 0.557. The number of imidazole rings is 1. The van der Waals surface area contributed by atoms with Crippen molar-refractivity contribution in [3.8, 4) is 11.4 Å². The van der Waals surface area contributed by atoms with Crippen molar-refractivity contribution in [3.05, 3.63) is 82.9 Å². The Morgan fingerprint density at radius 2 is 1.91 bits per heavy atom. The second kappa shape index (κ2) is 9.13. The Kier molecular flexibility index (Phi) is 6.26. The normalized spacial score (nSPS) is 15.8. The Balaban J connectivity index is 1.52. The zero-order valence-corrected chi connectivity index (χ0v) is 18.4. The Morgan fingerprint density at radius 1 is 1.15 bits per heavy atom. The fourth-order valence-electron chi connectivity index (χ4n) is 3.93. The van der Waals surface area contributed by atoms with Gasteiger partial charge in [-0.1, -0.05) is 18.2 Å². The maximum Gasteiger partial charge on any atom is 0.416 e. The van der Waals surface area contributed by atoms with Crippen LogP contribution in [0.15, 0.2) is 60.6 Å². The zero-order valence-electron chi connectivity index (χ0n) is 18.4. The minimum absolute atomic E-state index is 0.102. The lowest BCUT2D eigenvalue weighted by atomic mass is 9.99. The van der Waals surface area contributed by atoms with Crippen LogP contribution in [0.4, 0.5) is 13.2 Å². The fourth-order valence-corrected chi connectivity index (χ4v) is 3.93. The molecule has 0 bridgehead atoms. The number of piperidine rings is 1. The van der Waals surface area contributed by atoms with E-state index in [1.807, 2.05) is 42.0 Å². The van der Waals surface area contributed by atoms with Crippen LogP contribution in [0.5, 0.6) is 5.75 Å². The molecule has 0 saturated carbocycles. The first-order chi connectivity index (χ1) is 15.7. The maximum absolute atomic E-state index is 13.0. The van der Waals surface area contributed by atoms with Crippen LogP contribution in [0.25, 0.3) is 11.8 Å². The molecule has 1 aliphatic heterocycles. The summed E-state index contributed by atoms with van der Waals surface area (Å²) in [6.07, 6.45) is 2.54. The molecule has 8 heteroatoms. The number of methoxy groups -OCH3 is 1. The molecule has 3 aromatic rings. The number of carbonyl (C=O) groups is 1. The van der Waals surface area contributed by atoms with Crippen molar-refractivity contribution in [1.82, 2.24) is 14.5 Å². The summed E-state index contributed by atoms with van der Waals surface area (Å²) in [5.41, 5.74) is 3.22. The number of hydrogen-bond donors (Lipinski definition) is 0. The molecule has 4 rings (SSSR count). The number of amides is 1. The monoisotopic (exact) mass is 455 g/mol. The third-order valence-corrected chi connectivity index (χ3v) is 5.63. The first-order valence-electron chi connectivity index (χ1n) is 10.6. The highest BCUT2D eigenvalue weighted by Gasteiger charge is 2.30. The molecule has 0 radical (unpaired) electrons. The molecule has 172 valence electrons. The largest absolute Gasteiger partial charge is 0.495 e. The molecular weight excluding hydrogens is 431 g/mol. The Morgan fingerprint density at radius 3 is 2.55 bits per heavy atom. The first kappa shape index (κ1) is 22.6. The highest BCUT2D eigenvalue weighted by atomic mass is 19.4. The van der Waals surface area contributed by atoms with Crippen LogP contribution in [0.2, 0.25) is 0 Å². The molecule has 0 atom stereocenters. The highest BCUT2D eigenvalue weighted by Crippen LogP contribution is 2.30. The second-order valence-corrected chi connectivity index (χ2v) is 8.05. The molecule has 33 heavy (non-hydrogen) atoms. The summed E-state index contributed by atoms with van der Waals surface area (Å²) in [7, 11) is 1.59. The highest BCUT2D eigenvalue weighted by molar-refractivity contribution is 5.98. The predicted octanol–water partition coefficient (Wildman–Crippen LogP) is 5.41. The van der Waals surface area contributed by atoms with Gasteiger partial charge in [-0.25, -0.2) is 4.98 Å². The number of rotatable bonds is 5. The Labute approximate surface area is 190 Å². The van der Waals surface area contributed by atoms with Gasteiger partial charge in [0, 0.05) is 24.9 Å². The number of hydrogen-bond acceptors (Lipinski definition) is 3. The van der Waals surface area contributed by atoms with Gasteiger partial charge in [-0.3, -0.25) is 4.79 Å². The van der Waals surface area contributed by atoms with E-state index in [1.165, 1.54) is 12.1 Å². The van der Waals surface area contributed by atoms with Crippen molar-refractivity contribution in [2.24, 2.45) is 0 Å². The van der Waals surface area contributed by atoms with Crippen molar-refractivity contribution in [2.75, 3.05) is 13.7 Å². The number of ether oxygens (including phenoxy) is 1. The van der Waals surface area contributed by atoms with E-state index in [9.17, 15) is 18.0 Å². The Hall–Kier alpha value is -3.55. The number of halogens is 3. The van der Waals surface area contributed by atoms with E-state index >= 15 is 0 Å². The van der Waals surface area contributed by atoms with Crippen LogP contribution in [-0.4, -0.2) is 34.0 Å². The molecule has 5 nitrogen and oxygen atoms in total. The first-order valence-corrected chi connectivity index (χ1v) is 10.6. The van der Waals surface area contributed by atoms with Gasteiger partial charge in [0.2, 0.25) is 5.91 Å². The number of nitrogens with zero attached hydrogens (tertiary/aromatic N) is 3. The van der Waals surface area contributed by atoms with Crippen molar-refractivity contribution in [3.63, 3.8) is 0 Å². The van der Waals surface area contributed by atoms with Crippen LogP contribution >= 0.6 is 0 Å². The van der Waals surface area contributed by atoms with Crippen molar-refractivity contribution < 1.29 is 22.7 Å². The SMILES string of the molecule is COc1cc(C=C2CCCN(Cc3ccc(C(F)(F)F)cc3)C2=O)ccc1-n1cnc(C)c1. The zero-order chi connectivity index (χ0) is 23.6. The molecule has 1 aliphatic rings. The van der Waals surface area contributed by atoms with Gasteiger partial charge in [-0.05, 0) is 61.2 Å². The summed E-state index contributed by atoms with van der Waals surface area (Å²) in [5, 5.41) is 0. The molecule has 2 heterocycles. The lowest BCUT2D eigenvalue weighted by molar-refractivity contribution is -0.137. The molecule has 1 aromatic heterocycles.